The summed E-state index contributed by atoms with van der Waals surface area (Å²) in [5.74, 6) is -1.65. The van der Waals surface area contributed by atoms with Crippen LogP contribution in [-0.2, 0) is 4.79 Å². The molecule has 0 amide bonds. The summed E-state index contributed by atoms with van der Waals surface area (Å²) in [5.41, 5.74) is -1.24. The number of nitrogens with zero attached hydrogens (tertiary/aromatic N) is 1. The van der Waals surface area contributed by atoms with Gasteiger partial charge < -0.3 is 5.11 Å². The number of alkyl halides is 3. The van der Waals surface area contributed by atoms with Crippen molar-refractivity contribution in [2.45, 2.75) is 6.18 Å². The van der Waals surface area contributed by atoms with Crippen LogP contribution in [0.3, 0.4) is 0 Å². The van der Waals surface area contributed by atoms with Crippen LogP contribution in [0.4, 0.5) is 13.2 Å². The lowest BCUT2D eigenvalue weighted by Gasteiger charge is -2.07. The number of thiazole rings is 1. The van der Waals surface area contributed by atoms with Crippen molar-refractivity contribution in [2.75, 3.05) is 0 Å². The maximum atomic E-state index is 12.3. The Morgan fingerprint density at radius 1 is 1.57 bits per heavy atom. The van der Waals surface area contributed by atoms with Crippen LogP contribution in [0.15, 0.2) is 17.7 Å². The second-order valence-electron chi connectivity index (χ2n) is 2.23. The molecule has 0 unspecified atom stereocenters. The molecule has 0 aromatic carbocycles. The standard InChI is InChI=1S/C7H4F3NO2S/c8-7(9,10)4(3-5(12)13)6-11-1-2-14-6/h1-3H,(H,12,13)/b4-3+. The molecule has 0 saturated carbocycles. The summed E-state index contributed by atoms with van der Waals surface area (Å²) >= 11 is 0.737. The van der Waals surface area contributed by atoms with Crippen molar-refractivity contribution in [3.8, 4) is 0 Å². The van der Waals surface area contributed by atoms with Crippen LogP contribution in [0.2, 0.25) is 0 Å². The predicted octanol–water partition coefficient (Wildman–Crippen LogP) is 2.17. The first-order chi connectivity index (χ1) is 6.41. The van der Waals surface area contributed by atoms with E-state index in [1.807, 2.05) is 0 Å². The second kappa shape index (κ2) is 3.79. The summed E-state index contributed by atoms with van der Waals surface area (Å²) in [6, 6.07) is 0. The average molecular weight is 223 g/mol. The van der Waals surface area contributed by atoms with Crippen molar-refractivity contribution in [1.29, 1.82) is 0 Å². The van der Waals surface area contributed by atoms with Gasteiger partial charge in [0.15, 0.2) is 0 Å². The van der Waals surface area contributed by atoms with Gasteiger partial charge >= 0.3 is 12.1 Å². The predicted molar refractivity (Wildman–Crippen MR) is 43.8 cm³/mol. The number of hydrogen-bond acceptors (Lipinski definition) is 3. The first kappa shape index (κ1) is 10.7. The Labute approximate surface area is 80.5 Å². The SMILES string of the molecule is O=C(O)/C=C(\c1nccs1)C(F)(F)F. The van der Waals surface area contributed by atoms with Gasteiger partial charge in [0.2, 0.25) is 0 Å². The van der Waals surface area contributed by atoms with Gasteiger partial charge in [-0.25, -0.2) is 9.78 Å². The fourth-order valence-corrected chi connectivity index (χ4v) is 1.42. The zero-order valence-electron chi connectivity index (χ0n) is 6.58. The normalized spacial score (nSPS) is 12.9. The molecule has 0 aliphatic rings. The largest absolute Gasteiger partial charge is 0.478 e. The number of hydrogen-bond donors (Lipinski definition) is 1. The molecule has 0 saturated heterocycles. The highest BCUT2D eigenvalue weighted by Crippen LogP contribution is 2.34. The molecule has 7 heteroatoms. The highest BCUT2D eigenvalue weighted by molar-refractivity contribution is 7.10. The van der Waals surface area contributed by atoms with Gasteiger partial charge in [0.05, 0.1) is 5.57 Å². The number of carboxylic acid groups (broad SMARTS) is 1. The average Bonchev–Trinajstić information content (AvgIpc) is 2.49. The lowest BCUT2D eigenvalue weighted by Crippen LogP contribution is -2.12. The van der Waals surface area contributed by atoms with Crippen LogP contribution in [0.5, 0.6) is 0 Å². The van der Waals surface area contributed by atoms with Gasteiger partial charge in [-0.15, -0.1) is 11.3 Å². The molecule has 1 N–H and O–H groups in total. The lowest BCUT2D eigenvalue weighted by molar-refractivity contribution is -0.131. The Bertz CT molecular complexity index is 356. The molecule has 1 aromatic heterocycles. The zero-order valence-corrected chi connectivity index (χ0v) is 7.39. The molecule has 0 aliphatic heterocycles. The van der Waals surface area contributed by atoms with Gasteiger partial charge in [-0.1, -0.05) is 0 Å². The Kier molecular flexibility index (Phi) is 2.90. The molecule has 76 valence electrons. The van der Waals surface area contributed by atoms with E-state index in [1.165, 1.54) is 11.6 Å². The third-order valence-electron chi connectivity index (χ3n) is 1.24. The van der Waals surface area contributed by atoms with E-state index in [1.54, 1.807) is 0 Å². The van der Waals surface area contributed by atoms with Crippen molar-refractivity contribution < 1.29 is 23.1 Å². The molecule has 0 spiro atoms. The molecule has 0 bridgehead atoms. The Balaban J connectivity index is 3.14. The number of carboxylic acids is 1. The number of aromatic nitrogens is 1. The molecular formula is C7H4F3NO2S. The maximum Gasteiger partial charge on any atom is 0.419 e. The van der Waals surface area contributed by atoms with Crippen LogP contribution in [0.1, 0.15) is 5.01 Å². The Morgan fingerprint density at radius 3 is 2.57 bits per heavy atom. The van der Waals surface area contributed by atoms with Crippen molar-refractivity contribution >= 4 is 22.9 Å². The van der Waals surface area contributed by atoms with Gasteiger partial charge in [0, 0.05) is 17.7 Å². The summed E-state index contributed by atoms with van der Waals surface area (Å²) in [4.78, 5) is 13.6. The smallest absolute Gasteiger partial charge is 0.419 e. The molecule has 1 heterocycles. The molecular weight excluding hydrogens is 219 g/mol. The van der Waals surface area contributed by atoms with Crippen molar-refractivity contribution in [3.63, 3.8) is 0 Å². The minimum atomic E-state index is -4.70. The van der Waals surface area contributed by atoms with E-state index in [4.69, 9.17) is 5.11 Å². The number of rotatable bonds is 2. The van der Waals surface area contributed by atoms with Gasteiger partial charge in [0.1, 0.15) is 5.01 Å². The van der Waals surface area contributed by atoms with E-state index in [-0.39, 0.29) is 11.1 Å². The second-order valence-corrected chi connectivity index (χ2v) is 3.13. The van der Waals surface area contributed by atoms with Crippen LogP contribution in [0, 0.1) is 0 Å². The highest BCUT2D eigenvalue weighted by atomic mass is 32.1. The van der Waals surface area contributed by atoms with E-state index in [0.29, 0.717) is 0 Å². The molecule has 14 heavy (non-hydrogen) atoms. The maximum absolute atomic E-state index is 12.3. The van der Waals surface area contributed by atoms with Crippen molar-refractivity contribution in [3.05, 3.63) is 22.7 Å². The first-order valence-electron chi connectivity index (χ1n) is 3.33. The fourth-order valence-electron chi connectivity index (χ4n) is 0.745. The summed E-state index contributed by atoms with van der Waals surface area (Å²) < 4.78 is 36.8. The third-order valence-corrected chi connectivity index (χ3v) is 2.04. The summed E-state index contributed by atoms with van der Waals surface area (Å²) in [6.45, 7) is 0. The van der Waals surface area contributed by atoms with Crippen LogP contribution in [0.25, 0.3) is 5.57 Å². The van der Waals surface area contributed by atoms with Crippen LogP contribution < -0.4 is 0 Å². The van der Waals surface area contributed by atoms with E-state index in [9.17, 15) is 18.0 Å². The first-order valence-corrected chi connectivity index (χ1v) is 4.21. The number of halogens is 3. The molecule has 3 nitrogen and oxygen atoms in total. The third kappa shape index (κ3) is 2.56. The highest BCUT2D eigenvalue weighted by Gasteiger charge is 2.36. The van der Waals surface area contributed by atoms with Gasteiger partial charge in [0.25, 0.3) is 0 Å². The molecule has 0 atom stereocenters. The fraction of sp³-hybridized carbons (Fsp3) is 0.143. The van der Waals surface area contributed by atoms with E-state index in [2.05, 4.69) is 4.98 Å². The Hall–Kier alpha value is -1.37. The topological polar surface area (TPSA) is 50.2 Å². The van der Waals surface area contributed by atoms with Crippen molar-refractivity contribution in [1.82, 2.24) is 4.98 Å². The summed E-state index contributed by atoms with van der Waals surface area (Å²) in [5, 5.41) is 9.24. The quantitative estimate of drug-likeness (QED) is 0.781. The van der Waals surface area contributed by atoms with E-state index < -0.39 is 17.7 Å². The van der Waals surface area contributed by atoms with E-state index in [0.717, 1.165) is 11.3 Å². The monoisotopic (exact) mass is 223 g/mol. The molecule has 0 fully saturated rings. The lowest BCUT2D eigenvalue weighted by atomic mass is 10.2. The summed E-state index contributed by atoms with van der Waals surface area (Å²) in [6.07, 6.45) is -3.41. The number of carbonyl (C=O) groups is 1. The minimum absolute atomic E-state index is 0.110. The van der Waals surface area contributed by atoms with Gasteiger partial charge in [-0.05, 0) is 0 Å². The van der Waals surface area contributed by atoms with Crippen LogP contribution >= 0.6 is 11.3 Å². The van der Waals surface area contributed by atoms with Crippen LogP contribution in [-0.4, -0.2) is 22.2 Å². The zero-order chi connectivity index (χ0) is 10.8. The molecule has 1 rings (SSSR count). The molecule has 1 aromatic rings. The van der Waals surface area contributed by atoms with Gasteiger partial charge in [-0.2, -0.15) is 13.2 Å². The number of allylic oxidation sites excluding steroid dienone is 1. The molecule has 0 radical (unpaired) electrons. The summed E-state index contributed by atoms with van der Waals surface area (Å²) in [7, 11) is 0. The minimum Gasteiger partial charge on any atom is -0.478 e. The van der Waals surface area contributed by atoms with E-state index >= 15 is 0 Å². The number of aliphatic carboxylic acids is 1. The Morgan fingerprint density at radius 2 is 2.21 bits per heavy atom. The molecule has 0 aliphatic carbocycles. The van der Waals surface area contributed by atoms with Crippen molar-refractivity contribution in [2.24, 2.45) is 0 Å². The van der Waals surface area contributed by atoms with Gasteiger partial charge in [-0.3, -0.25) is 0 Å².